The van der Waals surface area contributed by atoms with Crippen LogP contribution in [0.1, 0.15) is 32.6 Å². The van der Waals surface area contributed by atoms with Crippen molar-refractivity contribution < 1.29 is 0 Å². The third-order valence-corrected chi connectivity index (χ3v) is 1.28. The first-order valence-electron chi connectivity index (χ1n) is 4.91. The highest BCUT2D eigenvalue weighted by atomic mass is 15.0. The Labute approximate surface area is 82.8 Å². The Kier molecular flexibility index (Phi) is 13.4. The summed E-state index contributed by atoms with van der Waals surface area (Å²) in [7, 11) is 6.00. The Balaban J connectivity index is 0. The predicted octanol–water partition coefficient (Wildman–Crippen LogP) is 1.72. The van der Waals surface area contributed by atoms with Crippen LogP contribution in [0.2, 0.25) is 0 Å². The number of unbranched alkanes of at least 4 members (excludes halogenated alkanes) is 1. The molecule has 0 aliphatic rings. The van der Waals surface area contributed by atoms with E-state index < -0.39 is 0 Å². The first-order valence-corrected chi connectivity index (χ1v) is 4.91. The van der Waals surface area contributed by atoms with Crippen LogP contribution in [0.3, 0.4) is 0 Å². The fourth-order valence-corrected chi connectivity index (χ4v) is 0.689. The molecule has 0 aromatic carbocycles. The Morgan fingerprint density at radius 3 is 2.00 bits per heavy atom. The Hall–Kier alpha value is -0.410. The first kappa shape index (κ1) is 15.1. The zero-order valence-electron chi connectivity index (χ0n) is 9.56. The molecule has 0 aliphatic carbocycles. The van der Waals surface area contributed by atoms with Crippen molar-refractivity contribution in [3.05, 3.63) is 0 Å². The van der Waals surface area contributed by atoms with Crippen LogP contribution in [0.4, 0.5) is 0 Å². The molecule has 0 radical (unpaired) electrons. The Bertz CT molecular complexity index is 108. The third kappa shape index (κ3) is 24.5. The largest absolute Gasteiger partial charge is 0.330 e. The summed E-state index contributed by atoms with van der Waals surface area (Å²) in [6.07, 6.45) is 4.03. The van der Waals surface area contributed by atoms with Gasteiger partial charge in [-0.25, -0.2) is 0 Å². The van der Waals surface area contributed by atoms with Gasteiger partial charge in [0.2, 0.25) is 0 Å². The van der Waals surface area contributed by atoms with E-state index in [9.17, 15) is 0 Å². The number of nitrogens with zero attached hydrogens (tertiary/aromatic N) is 1. The normalized spacial score (nSPS) is 9.38. The smallest absolute Gasteiger partial charge is 0.0102 e. The summed E-state index contributed by atoms with van der Waals surface area (Å²) in [6.45, 7) is 2.76. The van der Waals surface area contributed by atoms with Crippen LogP contribution in [0.15, 0.2) is 0 Å². The first-order chi connectivity index (χ1) is 6.04. The highest BCUT2D eigenvalue weighted by Gasteiger charge is 1.92. The average molecular weight is 187 g/mol. The van der Waals surface area contributed by atoms with E-state index in [1.807, 2.05) is 26.0 Å². The lowest BCUT2D eigenvalue weighted by molar-refractivity contribution is 0.505. The molecule has 0 aromatic rings. The maximum absolute atomic E-state index is 7.31. The number of hydrogen-bond acceptors (Lipinski definition) is 3. The van der Waals surface area contributed by atoms with Crippen molar-refractivity contribution >= 4 is 5.71 Å². The minimum atomic E-state index is 0.628. The topological polar surface area (TPSA) is 53.1 Å². The zero-order valence-corrected chi connectivity index (χ0v) is 9.56. The standard InChI is InChI=1S/C7H16N2.C3H9N/c1-2-3-4-7(9)5-6-8;1-4(2)3/h9H,2-6,8H2,1H3;1-3H3. The lowest BCUT2D eigenvalue weighted by atomic mass is 10.1. The van der Waals surface area contributed by atoms with E-state index in [-0.39, 0.29) is 0 Å². The molecule has 0 aliphatic heterocycles. The van der Waals surface area contributed by atoms with E-state index in [0.717, 1.165) is 25.0 Å². The Morgan fingerprint density at radius 1 is 1.23 bits per heavy atom. The molecule has 0 heterocycles. The van der Waals surface area contributed by atoms with E-state index in [1.165, 1.54) is 6.42 Å². The van der Waals surface area contributed by atoms with Gasteiger partial charge in [0.25, 0.3) is 0 Å². The number of hydrogen-bond donors (Lipinski definition) is 2. The maximum atomic E-state index is 7.31. The molecule has 0 fully saturated rings. The predicted molar refractivity (Wildman–Crippen MR) is 60.5 cm³/mol. The molecule has 0 unspecified atom stereocenters. The van der Waals surface area contributed by atoms with Gasteiger partial charge in [-0.15, -0.1) is 0 Å². The van der Waals surface area contributed by atoms with Gasteiger partial charge in [-0.3, -0.25) is 0 Å². The van der Waals surface area contributed by atoms with Gasteiger partial charge in [0.15, 0.2) is 0 Å². The minimum absolute atomic E-state index is 0.628. The Morgan fingerprint density at radius 2 is 1.69 bits per heavy atom. The lowest BCUT2D eigenvalue weighted by Gasteiger charge is -1.97. The van der Waals surface area contributed by atoms with Crippen molar-refractivity contribution in [2.75, 3.05) is 27.7 Å². The van der Waals surface area contributed by atoms with Crippen LogP contribution in [-0.4, -0.2) is 38.3 Å². The van der Waals surface area contributed by atoms with Gasteiger partial charge in [-0.05, 0) is 47.0 Å². The summed E-state index contributed by atoms with van der Waals surface area (Å²) >= 11 is 0. The maximum Gasteiger partial charge on any atom is 0.0102 e. The van der Waals surface area contributed by atoms with Crippen LogP contribution in [0, 0.1) is 5.41 Å². The lowest BCUT2D eigenvalue weighted by Crippen LogP contribution is -2.06. The molecule has 3 nitrogen and oxygen atoms in total. The van der Waals surface area contributed by atoms with Gasteiger partial charge >= 0.3 is 0 Å². The van der Waals surface area contributed by atoms with Crippen molar-refractivity contribution in [2.45, 2.75) is 32.6 Å². The van der Waals surface area contributed by atoms with E-state index in [2.05, 4.69) is 6.92 Å². The molecule has 0 spiro atoms. The molecule has 0 rings (SSSR count). The number of nitrogens with two attached hydrogens (primary N) is 1. The summed E-state index contributed by atoms with van der Waals surface area (Å²) < 4.78 is 0. The van der Waals surface area contributed by atoms with E-state index in [1.54, 1.807) is 0 Å². The van der Waals surface area contributed by atoms with Gasteiger partial charge in [-0.2, -0.15) is 0 Å². The molecule has 80 valence electrons. The molecule has 0 saturated carbocycles. The van der Waals surface area contributed by atoms with Crippen molar-refractivity contribution in [3.63, 3.8) is 0 Å². The minimum Gasteiger partial charge on any atom is -0.330 e. The van der Waals surface area contributed by atoms with Gasteiger partial charge in [0, 0.05) is 5.71 Å². The van der Waals surface area contributed by atoms with Crippen molar-refractivity contribution in [3.8, 4) is 0 Å². The van der Waals surface area contributed by atoms with Crippen LogP contribution in [0.25, 0.3) is 0 Å². The molecule has 3 heteroatoms. The monoisotopic (exact) mass is 187 g/mol. The summed E-state index contributed by atoms with van der Waals surface area (Å²) in [5, 5.41) is 7.31. The van der Waals surface area contributed by atoms with Gasteiger partial charge < -0.3 is 16.0 Å². The van der Waals surface area contributed by atoms with E-state index in [4.69, 9.17) is 11.1 Å². The fraction of sp³-hybridized carbons (Fsp3) is 0.900. The van der Waals surface area contributed by atoms with Crippen LogP contribution in [-0.2, 0) is 0 Å². The van der Waals surface area contributed by atoms with Crippen LogP contribution in [0.5, 0.6) is 0 Å². The van der Waals surface area contributed by atoms with E-state index >= 15 is 0 Å². The second-order valence-electron chi connectivity index (χ2n) is 3.59. The molecule has 0 amide bonds. The fourth-order valence-electron chi connectivity index (χ4n) is 0.689. The van der Waals surface area contributed by atoms with Crippen LogP contribution < -0.4 is 5.73 Å². The molecule has 13 heavy (non-hydrogen) atoms. The third-order valence-electron chi connectivity index (χ3n) is 1.28. The average Bonchev–Trinajstić information content (AvgIpc) is 2.00. The molecule has 3 N–H and O–H groups in total. The van der Waals surface area contributed by atoms with Gasteiger partial charge in [0.05, 0.1) is 0 Å². The number of nitrogens with one attached hydrogen (secondary N) is 1. The second kappa shape index (κ2) is 11.6. The quantitative estimate of drug-likeness (QED) is 0.644. The molecular formula is C10H25N3. The molecule has 0 saturated heterocycles. The molecule has 0 bridgehead atoms. The second-order valence-corrected chi connectivity index (χ2v) is 3.59. The number of rotatable bonds is 5. The van der Waals surface area contributed by atoms with Gasteiger partial charge in [-0.1, -0.05) is 13.3 Å². The summed E-state index contributed by atoms with van der Waals surface area (Å²) in [5.41, 5.74) is 6.07. The molecule has 0 aromatic heterocycles. The van der Waals surface area contributed by atoms with E-state index in [0.29, 0.717) is 6.54 Å². The van der Waals surface area contributed by atoms with Crippen molar-refractivity contribution in [1.29, 1.82) is 5.41 Å². The van der Waals surface area contributed by atoms with Crippen molar-refractivity contribution in [1.82, 2.24) is 4.90 Å². The SMILES string of the molecule is CCCCC(=N)CCN.CN(C)C. The highest BCUT2D eigenvalue weighted by Crippen LogP contribution is 1.97. The zero-order chi connectivity index (χ0) is 10.7. The molecular weight excluding hydrogens is 162 g/mol. The summed E-state index contributed by atoms with van der Waals surface area (Å²) in [4.78, 5) is 2.00. The summed E-state index contributed by atoms with van der Waals surface area (Å²) in [6, 6.07) is 0. The van der Waals surface area contributed by atoms with Crippen LogP contribution >= 0.6 is 0 Å². The summed E-state index contributed by atoms with van der Waals surface area (Å²) in [5.74, 6) is 0. The molecule has 0 atom stereocenters. The van der Waals surface area contributed by atoms with Gasteiger partial charge in [0.1, 0.15) is 0 Å². The van der Waals surface area contributed by atoms with Crippen molar-refractivity contribution in [2.24, 2.45) is 5.73 Å². The highest BCUT2D eigenvalue weighted by molar-refractivity contribution is 5.81.